The predicted molar refractivity (Wildman–Crippen MR) is 92.0 cm³/mol. The minimum absolute atomic E-state index is 0.171. The summed E-state index contributed by atoms with van der Waals surface area (Å²) in [4.78, 5) is 12.9. The van der Waals surface area contributed by atoms with E-state index < -0.39 is 24.7 Å². The average Bonchev–Trinajstić information content (AvgIpc) is 2.41. The van der Waals surface area contributed by atoms with Crippen LogP contribution in [0.4, 0.5) is 0 Å². The smallest absolute Gasteiger partial charge is 0.230 e. The number of hydrogen-bond donors (Lipinski definition) is 0. The van der Waals surface area contributed by atoms with Crippen molar-refractivity contribution >= 4 is 30.6 Å². The molecule has 1 atom stereocenters. The highest BCUT2D eigenvalue weighted by atomic mass is 28.4. The third-order valence-electron chi connectivity index (χ3n) is 3.74. The summed E-state index contributed by atoms with van der Waals surface area (Å²) in [5, 5.41) is 0. The van der Waals surface area contributed by atoms with Crippen molar-refractivity contribution in [1.29, 1.82) is 0 Å². The summed E-state index contributed by atoms with van der Waals surface area (Å²) in [6, 6.07) is 0.171. The molecule has 0 aromatic heterocycles. The zero-order valence-electron chi connectivity index (χ0n) is 14.3. The molecule has 0 spiro atoms. The normalized spacial score (nSPS) is 22.5. The second-order valence-electron chi connectivity index (χ2n) is 8.68. The Morgan fingerprint density at radius 2 is 1.37 bits per heavy atom. The second kappa shape index (κ2) is 5.13. The fraction of sp³-hybridized carbons (Fsp3) is 0.923. The van der Waals surface area contributed by atoms with E-state index in [1.165, 1.54) is 0 Å². The third-order valence-corrected chi connectivity index (χ3v) is 13.3. The Kier molecular flexibility index (Phi) is 4.62. The first-order valence-electron chi connectivity index (χ1n) is 7.37. The quantitative estimate of drug-likeness (QED) is 0.742. The first-order valence-corrected chi connectivity index (χ1v) is 17.7. The summed E-state index contributed by atoms with van der Waals surface area (Å²) in [6.07, 6.45) is 1.04. The second-order valence-corrected chi connectivity index (χ2v) is 23.7. The van der Waals surface area contributed by atoms with E-state index in [0.717, 1.165) is 13.0 Å². The van der Waals surface area contributed by atoms with Gasteiger partial charge in [-0.05, 0) is 6.42 Å². The molecule has 1 aliphatic rings. The van der Waals surface area contributed by atoms with E-state index in [1.807, 2.05) is 0 Å². The maximum Gasteiger partial charge on any atom is 0.230 e. The number of carbonyl (C=O) groups is 1. The van der Waals surface area contributed by atoms with Crippen molar-refractivity contribution in [2.75, 3.05) is 6.54 Å². The molecule has 1 heterocycles. The lowest BCUT2D eigenvalue weighted by Crippen LogP contribution is -2.65. The molecular weight excluding hydrogens is 284 g/mol. The van der Waals surface area contributed by atoms with Gasteiger partial charge in [-0.15, -0.1) is 0 Å². The van der Waals surface area contributed by atoms with E-state index in [2.05, 4.69) is 67.7 Å². The molecule has 0 radical (unpaired) electrons. The van der Waals surface area contributed by atoms with E-state index >= 15 is 0 Å². The summed E-state index contributed by atoms with van der Waals surface area (Å²) in [5.41, 5.74) is 0. The molecule has 112 valence electrons. The van der Waals surface area contributed by atoms with Gasteiger partial charge in [0, 0.05) is 6.54 Å². The molecule has 0 aliphatic carbocycles. The van der Waals surface area contributed by atoms with E-state index in [1.54, 1.807) is 0 Å². The van der Waals surface area contributed by atoms with E-state index in [9.17, 15) is 4.79 Å². The summed E-state index contributed by atoms with van der Waals surface area (Å²) in [5.74, 6) is 0.420. The van der Waals surface area contributed by atoms with Gasteiger partial charge in [-0.3, -0.25) is 4.79 Å². The summed E-state index contributed by atoms with van der Waals surface area (Å²) < 4.78 is 4.90. The van der Waals surface area contributed by atoms with E-state index in [0.29, 0.717) is 5.91 Å². The van der Waals surface area contributed by atoms with Gasteiger partial charge in [0.05, 0.1) is 6.04 Å². The molecule has 1 saturated heterocycles. The Morgan fingerprint density at radius 1 is 0.947 bits per heavy atom. The van der Waals surface area contributed by atoms with Crippen molar-refractivity contribution in [3.63, 3.8) is 0 Å². The standard InChI is InChI=1S/C13H32N2OSi3/c1-17(2,3)14-11-10-12(13(14)16)15(18(4,5)6)19(7,8)9/h12H,10-11H2,1-9H3. The zero-order valence-corrected chi connectivity index (χ0v) is 17.3. The molecule has 1 fully saturated rings. The lowest BCUT2D eigenvalue weighted by Gasteiger charge is -2.47. The molecule has 1 rings (SSSR count). The average molecular weight is 317 g/mol. The Hall–Kier alpha value is 0.0806. The molecule has 0 aromatic carbocycles. The van der Waals surface area contributed by atoms with Gasteiger partial charge >= 0.3 is 0 Å². The SMILES string of the molecule is C[Si](C)(C)N1CCC(N([Si](C)(C)C)[Si](C)(C)C)C1=O. The third kappa shape index (κ3) is 3.80. The monoisotopic (exact) mass is 316 g/mol. The van der Waals surface area contributed by atoms with Crippen molar-refractivity contribution in [3.05, 3.63) is 0 Å². The molecule has 6 heteroatoms. The van der Waals surface area contributed by atoms with E-state index in [4.69, 9.17) is 0 Å². The summed E-state index contributed by atoms with van der Waals surface area (Å²) in [7, 11) is -4.41. The Bertz CT molecular complexity index is 338. The fourth-order valence-electron chi connectivity index (χ4n) is 3.51. The molecule has 0 aromatic rings. The molecule has 1 amide bonds. The zero-order chi connectivity index (χ0) is 15.2. The van der Waals surface area contributed by atoms with Crippen LogP contribution in [-0.4, -0.2) is 52.0 Å². The maximum absolute atomic E-state index is 12.9. The number of rotatable bonds is 4. The summed E-state index contributed by atoms with van der Waals surface area (Å²) >= 11 is 0. The molecule has 19 heavy (non-hydrogen) atoms. The lowest BCUT2D eigenvalue weighted by atomic mass is 10.3. The molecule has 0 saturated carbocycles. The molecule has 0 N–H and O–H groups in total. The van der Waals surface area contributed by atoms with Gasteiger partial charge in [0.25, 0.3) is 0 Å². The van der Waals surface area contributed by atoms with Crippen molar-refractivity contribution in [2.45, 2.75) is 71.4 Å². The van der Waals surface area contributed by atoms with Crippen LogP contribution in [0.5, 0.6) is 0 Å². The van der Waals surface area contributed by atoms with Gasteiger partial charge < -0.3 is 8.80 Å². The van der Waals surface area contributed by atoms with Gasteiger partial charge in [-0.1, -0.05) is 58.9 Å². The van der Waals surface area contributed by atoms with Crippen LogP contribution in [0.15, 0.2) is 0 Å². The van der Waals surface area contributed by atoms with Crippen molar-refractivity contribution in [3.8, 4) is 0 Å². The van der Waals surface area contributed by atoms with Crippen LogP contribution in [-0.2, 0) is 4.79 Å². The van der Waals surface area contributed by atoms with Crippen molar-refractivity contribution in [1.82, 2.24) is 8.80 Å². The first kappa shape index (κ1) is 17.1. The highest BCUT2D eigenvalue weighted by molar-refractivity contribution is 6.90. The fourth-order valence-corrected chi connectivity index (χ4v) is 15.5. The number of carbonyl (C=O) groups excluding carboxylic acids is 1. The highest BCUT2D eigenvalue weighted by Gasteiger charge is 2.48. The van der Waals surface area contributed by atoms with Crippen LogP contribution >= 0.6 is 0 Å². The van der Waals surface area contributed by atoms with Gasteiger partial charge in [0.2, 0.25) is 5.91 Å². The van der Waals surface area contributed by atoms with Gasteiger partial charge in [-0.25, -0.2) is 0 Å². The first-order chi connectivity index (χ1) is 8.26. The maximum atomic E-state index is 12.9. The van der Waals surface area contributed by atoms with Gasteiger partial charge in [0.15, 0.2) is 8.24 Å². The topological polar surface area (TPSA) is 23.6 Å². The minimum atomic E-state index is -1.51. The van der Waals surface area contributed by atoms with Crippen LogP contribution in [0.25, 0.3) is 0 Å². The Morgan fingerprint density at radius 3 is 1.63 bits per heavy atom. The van der Waals surface area contributed by atoms with Gasteiger partial charge in [-0.2, -0.15) is 0 Å². The number of amides is 1. The van der Waals surface area contributed by atoms with Crippen molar-refractivity contribution in [2.24, 2.45) is 0 Å². The lowest BCUT2D eigenvalue weighted by molar-refractivity contribution is -0.126. The highest BCUT2D eigenvalue weighted by Crippen LogP contribution is 2.30. The minimum Gasteiger partial charge on any atom is -0.369 e. The Balaban J connectivity index is 3.06. The number of nitrogens with zero attached hydrogens (tertiary/aromatic N) is 2. The van der Waals surface area contributed by atoms with Crippen molar-refractivity contribution < 1.29 is 4.79 Å². The van der Waals surface area contributed by atoms with Gasteiger partial charge in [0.1, 0.15) is 16.5 Å². The largest absolute Gasteiger partial charge is 0.369 e. The molecule has 0 bridgehead atoms. The van der Waals surface area contributed by atoms with Crippen LogP contribution < -0.4 is 0 Å². The molecule has 3 nitrogen and oxygen atoms in total. The summed E-state index contributed by atoms with van der Waals surface area (Å²) in [6.45, 7) is 22.1. The van der Waals surface area contributed by atoms with Crippen LogP contribution in [0.1, 0.15) is 6.42 Å². The van der Waals surface area contributed by atoms with Crippen LogP contribution in [0.3, 0.4) is 0 Å². The predicted octanol–water partition coefficient (Wildman–Crippen LogP) is 3.39. The van der Waals surface area contributed by atoms with E-state index in [-0.39, 0.29) is 6.04 Å². The Labute approximate surface area is 122 Å². The molecular formula is C13H32N2OSi3. The molecule has 1 aliphatic heterocycles. The van der Waals surface area contributed by atoms with Crippen LogP contribution in [0, 0.1) is 0 Å². The number of hydrogen-bond acceptors (Lipinski definition) is 2. The van der Waals surface area contributed by atoms with Crippen LogP contribution in [0.2, 0.25) is 58.9 Å². The molecule has 1 unspecified atom stereocenters.